The van der Waals surface area contributed by atoms with Gasteiger partial charge in [0.15, 0.2) is 11.5 Å². The highest BCUT2D eigenvalue weighted by Gasteiger charge is 2.30. The summed E-state index contributed by atoms with van der Waals surface area (Å²) in [4.78, 5) is 28.1. The van der Waals surface area contributed by atoms with Crippen LogP contribution in [0.25, 0.3) is 33.7 Å². The summed E-state index contributed by atoms with van der Waals surface area (Å²) in [5.74, 6) is 0.596. The number of rotatable bonds is 6. The van der Waals surface area contributed by atoms with Crippen molar-refractivity contribution in [2.75, 3.05) is 13.1 Å². The standard InChI is InChI=1S/C25H26F3N7O2/c1-33-22-18(6-15(9-30-22)24(36)34-11-16(26)8-17(29)12-34)31-23(33)19-7-14-4-5-20(37-25(27)28)32-21(14)35(19)10-13-2-3-13/h4-7,9,13,16-17,25H,2-3,8,10-12,29H2,1H3/t16-,17-/m1/s1. The lowest BCUT2D eigenvalue weighted by atomic mass is 10.0. The number of carbonyl (C=O) groups excluding carboxylic acids is 1. The number of alkyl halides is 3. The maximum atomic E-state index is 14.0. The number of ether oxygens (including phenoxy) is 1. The van der Waals surface area contributed by atoms with E-state index in [2.05, 4.69) is 14.7 Å². The Hall–Kier alpha value is -3.67. The molecule has 194 valence electrons. The zero-order valence-electron chi connectivity index (χ0n) is 20.1. The fraction of sp³-hybridized carbons (Fsp3) is 0.440. The highest BCUT2D eigenvalue weighted by atomic mass is 19.3. The van der Waals surface area contributed by atoms with E-state index in [9.17, 15) is 18.0 Å². The molecule has 6 rings (SSSR count). The Balaban J connectivity index is 1.40. The zero-order chi connectivity index (χ0) is 25.8. The van der Waals surface area contributed by atoms with Crippen molar-refractivity contribution in [1.82, 2.24) is 29.0 Å². The third kappa shape index (κ3) is 4.50. The SMILES string of the molecule is Cn1c(-c2cc3ccc(OC(F)F)nc3n2CC2CC2)nc2cc(C(=O)N3C[C@H](N)C[C@@H](F)C3)cnc21. The normalized spacial score (nSPS) is 20.3. The van der Waals surface area contributed by atoms with E-state index in [1.54, 1.807) is 12.1 Å². The number of nitrogens with zero attached hydrogens (tertiary/aromatic N) is 6. The molecule has 5 heterocycles. The van der Waals surface area contributed by atoms with Gasteiger partial charge in [0.1, 0.15) is 17.3 Å². The topological polar surface area (TPSA) is 104 Å². The summed E-state index contributed by atoms with van der Waals surface area (Å²) in [6.45, 7) is -2.00. The van der Waals surface area contributed by atoms with E-state index in [-0.39, 0.29) is 31.3 Å². The second-order valence-corrected chi connectivity index (χ2v) is 9.89. The molecule has 4 aromatic heterocycles. The van der Waals surface area contributed by atoms with E-state index >= 15 is 0 Å². The van der Waals surface area contributed by atoms with Crippen LogP contribution in [0.3, 0.4) is 0 Å². The van der Waals surface area contributed by atoms with Crippen LogP contribution in [-0.4, -0.2) is 66.8 Å². The van der Waals surface area contributed by atoms with E-state index in [1.807, 2.05) is 22.2 Å². The molecule has 1 aliphatic heterocycles. The Morgan fingerprint density at radius 1 is 1.19 bits per heavy atom. The number of nitrogens with two attached hydrogens (primary N) is 1. The van der Waals surface area contributed by atoms with Crippen LogP contribution in [-0.2, 0) is 13.6 Å². The van der Waals surface area contributed by atoms with E-state index in [4.69, 9.17) is 10.7 Å². The number of likely N-dealkylation sites (tertiary alicyclic amines) is 1. The number of piperidine rings is 1. The molecule has 9 nitrogen and oxygen atoms in total. The van der Waals surface area contributed by atoms with Gasteiger partial charge in [0.2, 0.25) is 5.88 Å². The molecular formula is C25H26F3N7O2. The number of hydrogen-bond acceptors (Lipinski definition) is 6. The minimum absolute atomic E-state index is 0.00354. The molecule has 2 atom stereocenters. The van der Waals surface area contributed by atoms with E-state index in [0.717, 1.165) is 23.9 Å². The predicted octanol–water partition coefficient (Wildman–Crippen LogP) is 3.51. The van der Waals surface area contributed by atoms with Crippen molar-refractivity contribution in [3.05, 3.63) is 36.0 Å². The molecule has 0 aromatic carbocycles. The Kier molecular flexibility index (Phi) is 5.78. The first kappa shape index (κ1) is 23.7. The summed E-state index contributed by atoms with van der Waals surface area (Å²) in [5, 5.41) is 0.773. The van der Waals surface area contributed by atoms with Crippen LogP contribution >= 0.6 is 0 Å². The van der Waals surface area contributed by atoms with Crippen LogP contribution in [0.15, 0.2) is 30.5 Å². The van der Waals surface area contributed by atoms with Crippen molar-refractivity contribution in [3.63, 3.8) is 0 Å². The molecule has 2 aliphatic rings. The molecule has 2 N–H and O–H groups in total. The van der Waals surface area contributed by atoms with Crippen molar-refractivity contribution in [2.24, 2.45) is 18.7 Å². The summed E-state index contributed by atoms with van der Waals surface area (Å²) in [6, 6.07) is 6.29. The first-order valence-corrected chi connectivity index (χ1v) is 12.2. The van der Waals surface area contributed by atoms with Crippen LogP contribution in [0.4, 0.5) is 13.2 Å². The van der Waals surface area contributed by atoms with Gasteiger partial charge in [-0.05, 0) is 43.4 Å². The second kappa shape index (κ2) is 9.02. The van der Waals surface area contributed by atoms with Gasteiger partial charge in [-0.15, -0.1) is 0 Å². The highest BCUT2D eigenvalue weighted by molar-refractivity contribution is 5.97. The van der Waals surface area contributed by atoms with Gasteiger partial charge in [0.25, 0.3) is 5.91 Å². The number of aryl methyl sites for hydroxylation is 1. The van der Waals surface area contributed by atoms with Crippen molar-refractivity contribution in [2.45, 2.75) is 44.6 Å². The van der Waals surface area contributed by atoms with Crippen molar-refractivity contribution < 1.29 is 22.7 Å². The second-order valence-electron chi connectivity index (χ2n) is 9.89. The van der Waals surface area contributed by atoms with Gasteiger partial charge in [-0.25, -0.2) is 14.4 Å². The number of halogens is 3. The lowest BCUT2D eigenvalue weighted by Gasteiger charge is -2.32. The summed E-state index contributed by atoms with van der Waals surface area (Å²) in [5.41, 5.74) is 8.61. The number of carbonyl (C=O) groups is 1. The van der Waals surface area contributed by atoms with Gasteiger partial charge < -0.3 is 24.5 Å². The van der Waals surface area contributed by atoms with Crippen LogP contribution < -0.4 is 10.5 Å². The minimum atomic E-state index is -2.96. The van der Waals surface area contributed by atoms with E-state index in [0.29, 0.717) is 40.7 Å². The van der Waals surface area contributed by atoms with Crippen LogP contribution in [0.2, 0.25) is 0 Å². The summed E-state index contributed by atoms with van der Waals surface area (Å²) in [6.07, 6.45) is 2.73. The molecule has 0 spiro atoms. The average Bonchev–Trinajstić information content (AvgIpc) is 3.53. The molecule has 37 heavy (non-hydrogen) atoms. The van der Waals surface area contributed by atoms with Crippen molar-refractivity contribution in [3.8, 4) is 17.4 Å². The smallest absolute Gasteiger partial charge is 0.388 e. The molecular weight excluding hydrogens is 487 g/mol. The summed E-state index contributed by atoms with van der Waals surface area (Å²) in [7, 11) is 1.83. The first-order valence-electron chi connectivity index (χ1n) is 12.2. The quantitative estimate of drug-likeness (QED) is 0.423. The fourth-order valence-corrected chi connectivity index (χ4v) is 5.04. The van der Waals surface area contributed by atoms with E-state index in [1.165, 1.54) is 17.2 Å². The van der Waals surface area contributed by atoms with E-state index < -0.39 is 18.8 Å². The minimum Gasteiger partial charge on any atom is -0.417 e. The molecule has 1 saturated heterocycles. The number of amides is 1. The fourth-order valence-electron chi connectivity index (χ4n) is 5.04. The van der Waals surface area contributed by atoms with Crippen molar-refractivity contribution in [1.29, 1.82) is 0 Å². The van der Waals surface area contributed by atoms with Gasteiger partial charge in [0, 0.05) is 43.8 Å². The maximum absolute atomic E-state index is 14.0. The Bertz CT molecular complexity index is 1490. The van der Waals surface area contributed by atoms with Gasteiger partial charge in [-0.3, -0.25) is 4.79 Å². The summed E-state index contributed by atoms with van der Waals surface area (Å²) >= 11 is 0. The molecule has 1 aliphatic carbocycles. The van der Waals surface area contributed by atoms with Gasteiger partial charge >= 0.3 is 6.61 Å². The molecule has 12 heteroatoms. The lowest BCUT2D eigenvalue weighted by Crippen LogP contribution is -2.50. The predicted molar refractivity (Wildman–Crippen MR) is 130 cm³/mol. The zero-order valence-corrected chi connectivity index (χ0v) is 20.1. The molecule has 0 bridgehead atoms. The maximum Gasteiger partial charge on any atom is 0.388 e. The lowest BCUT2D eigenvalue weighted by molar-refractivity contribution is -0.0526. The molecule has 4 aromatic rings. The van der Waals surface area contributed by atoms with Crippen LogP contribution in [0, 0.1) is 5.92 Å². The monoisotopic (exact) mass is 513 g/mol. The molecule has 0 radical (unpaired) electrons. The Morgan fingerprint density at radius 2 is 2.00 bits per heavy atom. The molecule has 1 saturated carbocycles. The number of fused-ring (bicyclic) bond motifs is 2. The summed E-state index contributed by atoms with van der Waals surface area (Å²) < 4.78 is 47.9. The van der Waals surface area contributed by atoms with Gasteiger partial charge in [-0.2, -0.15) is 13.8 Å². The van der Waals surface area contributed by atoms with Gasteiger partial charge in [0.05, 0.1) is 17.8 Å². The van der Waals surface area contributed by atoms with Gasteiger partial charge in [-0.1, -0.05) is 0 Å². The largest absolute Gasteiger partial charge is 0.417 e. The molecule has 2 fully saturated rings. The molecule has 0 unspecified atom stereocenters. The van der Waals surface area contributed by atoms with Crippen LogP contribution in [0.5, 0.6) is 5.88 Å². The van der Waals surface area contributed by atoms with Crippen molar-refractivity contribution >= 4 is 28.1 Å². The molecule has 1 amide bonds. The third-order valence-corrected chi connectivity index (χ3v) is 6.97. The highest BCUT2D eigenvalue weighted by Crippen LogP contribution is 2.36. The number of aromatic nitrogens is 5. The third-order valence-electron chi connectivity index (χ3n) is 6.97. The Morgan fingerprint density at radius 3 is 2.73 bits per heavy atom. The number of imidazole rings is 1. The number of hydrogen-bond donors (Lipinski definition) is 1. The number of pyridine rings is 2. The van der Waals surface area contributed by atoms with Crippen LogP contribution in [0.1, 0.15) is 29.6 Å². The Labute approximate surface area is 210 Å². The average molecular weight is 514 g/mol. The first-order chi connectivity index (χ1) is 17.8.